The topological polar surface area (TPSA) is 73.6 Å². The van der Waals surface area contributed by atoms with E-state index in [-0.39, 0.29) is 0 Å². The van der Waals surface area contributed by atoms with E-state index in [4.69, 9.17) is 9.47 Å². The first kappa shape index (κ1) is 18.0. The molecule has 0 radical (unpaired) electrons. The normalized spacial score (nSPS) is 11.2. The number of hydrogen-bond donors (Lipinski definition) is 1. The molecule has 7 nitrogen and oxygen atoms in total. The van der Waals surface area contributed by atoms with Gasteiger partial charge in [-0.25, -0.2) is 9.97 Å². The summed E-state index contributed by atoms with van der Waals surface area (Å²) in [7, 11) is 5.21. The molecule has 0 fully saturated rings. The number of ether oxygens (including phenoxy) is 2. The molecule has 142 valence electrons. The van der Waals surface area contributed by atoms with Crippen LogP contribution in [0, 0.1) is 0 Å². The lowest BCUT2D eigenvalue weighted by Gasteiger charge is -2.07. The van der Waals surface area contributed by atoms with Gasteiger partial charge < -0.3 is 14.0 Å². The molecule has 0 aliphatic carbocycles. The predicted octanol–water partition coefficient (Wildman–Crippen LogP) is 4.16. The molecular weight excluding hydrogens is 374 g/mol. The zero-order valence-electron chi connectivity index (χ0n) is 15.7. The molecule has 4 rings (SSSR count). The molecule has 0 bridgehead atoms. The van der Waals surface area contributed by atoms with Crippen LogP contribution < -0.4 is 14.9 Å². The van der Waals surface area contributed by atoms with Gasteiger partial charge in [-0.3, -0.25) is 5.43 Å². The molecule has 0 aliphatic rings. The molecule has 0 spiro atoms. The van der Waals surface area contributed by atoms with Crippen LogP contribution in [0.1, 0.15) is 5.56 Å². The Labute approximate surface area is 166 Å². The van der Waals surface area contributed by atoms with Crippen molar-refractivity contribution in [1.29, 1.82) is 0 Å². The highest BCUT2D eigenvalue weighted by molar-refractivity contribution is 7.14. The van der Waals surface area contributed by atoms with Crippen LogP contribution >= 0.6 is 11.3 Å². The van der Waals surface area contributed by atoms with Gasteiger partial charge in [-0.2, -0.15) is 5.10 Å². The van der Waals surface area contributed by atoms with Gasteiger partial charge in [-0.15, -0.1) is 11.3 Å². The van der Waals surface area contributed by atoms with Crippen LogP contribution in [0.2, 0.25) is 0 Å². The summed E-state index contributed by atoms with van der Waals surface area (Å²) in [5.74, 6) is 2.17. The Hall–Kier alpha value is -3.39. The van der Waals surface area contributed by atoms with Gasteiger partial charge in [0.25, 0.3) is 0 Å². The third kappa shape index (κ3) is 3.41. The van der Waals surface area contributed by atoms with E-state index in [1.807, 2.05) is 59.5 Å². The maximum atomic E-state index is 5.30. The Morgan fingerprint density at radius 3 is 2.68 bits per heavy atom. The largest absolute Gasteiger partial charge is 0.493 e. The highest BCUT2D eigenvalue weighted by atomic mass is 32.1. The fraction of sp³-hybridized carbons (Fsp3) is 0.150. The second kappa shape index (κ2) is 7.69. The van der Waals surface area contributed by atoms with E-state index in [0.717, 1.165) is 28.1 Å². The number of fused-ring (bicyclic) bond motifs is 1. The minimum atomic E-state index is 0.657. The van der Waals surface area contributed by atoms with Gasteiger partial charge in [0.2, 0.25) is 5.13 Å². The van der Waals surface area contributed by atoms with E-state index in [1.165, 1.54) is 11.3 Å². The van der Waals surface area contributed by atoms with Crippen LogP contribution in [-0.2, 0) is 7.05 Å². The summed E-state index contributed by atoms with van der Waals surface area (Å²) in [4.78, 5) is 9.27. The van der Waals surface area contributed by atoms with E-state index < -0.39 is 0 Å². The molecule has 28 heavy (non-hydrogen) atoms. The molecular formula is C20H19N5O2S. The Bertz CT molecular complexity index is 1150. The van der Waals surface area contributed by atoms with Crippen molar-refractivity contribution in [1.82, 2.24) is 14.5 Å². The fourth-order valence-corrected chi connectivity index (χ4v) is 3.54. The number of benzene rings is 2. The number of nitrogens with zero attached hydrogens (tertiary/aromatic N) is 4. The standard InChI is InChI=1S/C20H19N5O2S/c1-25-16-7-5-4-6-14(16)22-19(25)15-12-28-20(23-15)24-21-11-13-8-9-17(26-2)18(10-13)27-3/h4-12H,1-3H3,(H,23,24)/b21-11-. The first-order valence-electron chi connectivity index (χ1n) is 8.58. The van der Waals surface area contributed by atoms with Gasteiger partial charge in [0.05, 0.1) is 31.5 Å². The van der Waals surface area contributed by atoms with Crippen LogP contribution in [0.3, 0.4) is 0 Å². The van der Waals surface area contributed by atoms with Crippen molar-refractivity contribution in [2.75, 3.05) is 19.6 Å². The van der Waals surface area contributed by atoms with Crippen LogP contribution in [0.5, 0.6) is 11.5 Å². The van der Waals surface area contributed by atoms with Crippen molar-refractivity contribution in [3.63, 3.8) is 0 Å². The van der Waals surface area contributed by atoms with Gasteiger partial charge in [-0.1, -0.05) is 12.1 Å². The number of hydrazone groups is 1. The Morgan fingerprint density at radius 2 is 1.89 bits per heavy atom. The van der Waals surface area contributed by atoms with E-state index in [0.29, 0.717) is 16.6 Å². The average molecular weight is 393 g/mol. The number of hydrogen-bond acceptors (Lipinski definition) is 7. The Balaban J connectivity index is 1.51. The van der Waals surface area contributed by atoms with Crippen molar-refractivity contribution >= 4 is 33.7 Å². The molecule has 0 saturated carbocycles. The second-order valence-electron chi connectivity index (χ2n) is 6.01. The molecule has 0 amide bonds. The number of methoxy groups -OCH3 is 2. The number of imidazole rings is 1. The number of anilines is 1. The second-order valence-corrected chi connectivity index (χ2v) is 6.86. The van der Waals surface area contributed by atoms with Crippen LogP contribution in [0.4, 0.5) is 5.13 Å². The number of rotatable bonds is 6. The maximum Gasteiger partial charge on any atom is 0.203 e. The predicted molar refractivity (Wildman–Crippen MR) is 113 cm³/mol. The van der Waals surface area contributed by atoms with Crippen molar-refractivity contribution in [3.8, 4) is 23.0 Å². The third-order valence-corrected chi connectivity index (χ3v) is 5.05. The highest BCUT2D eigenvalue weighted by Crippen LogP contribution is 2.28. The van der Waals surface area contributed by atoms with Gasteiger partial charge in [0.1, 0.15) is 5.69 Å². The molecule has 2 heterocycles. The maximum absolute atomic E-state index is 5.30. The average Bonchev–Trinajstić information content (AvgIpc) is 3.32. The number of para-hydroxylation sites is 2. The number of thiazole rings is 1. The van der Waals surface area contributed by atoms with Gasteiger partial charge in [-0.05, 0) is 35.9 Å². The molecule has 4 aromatic rings. The summed E-state index contributed by atoms with van der Waals surface area (Å²) in [6, 6.07) is 13.6. The van der Waals surface area contributed by atoms with Gasteiger partial charge in [0, 0.05) is 12.4 Å². The van der Waals surface area contributed by atoms with E-state index in [1.54, 1.807) is 20.4 Å². The summed E-state index contributed by atoms with van der Waals surface area (Å²) in [6.45, 7) is 0. The summed E-state index contributed by atoms with van der Waals surface area (Å²) < 4.78 is 12.6. The Morgan fingerprint density at radius 1 is 1.07 bits per heavy atom. The summed E-state index contributed by atoms with van der Waals surface area (Å²) in [5, 5.41) is 6.93. The first-order valence-corrected chi connectivity index (χ1v) is 9.46. The minimum absolute atomic E-state index is 0.657. The van der Waals surface area contributed by atoms with Crippen LogP contribution in [0.15, 0.2) is 52.9 Å². The molecule has 2 aromatic carbocycles. The molecule has 0 aliphatic heterocycles. The minimum Gasteiger partial charge on any atom is -0.493 e. The smallest absolute Gasteiger partial charge is 0.203 e. The highest BCUT2D eigenvalue weighted by Gasteiger charge is 2.12. The quantitative estimate of drug-likeness (QED) is 0.393. The van der Waals surface area contributed by atoms with Crippen molar-refractivity contribution < 1.29 is 9.47 Å². The molecule has 1 N–H and O–H groups in total. The summed E-state index contributed by atoms with van der Waals surface area (Å²) >= 11 is 1.48. The third-order valence-electron chi connectivity index (χ3n) is 4.30. The fourth-order valence-electron chi connectivity index (χ4n) is 2.90. The zero-order valence-corrected chi connectivity index (χ0v) is 16.5. The van der Waals surface area contributed by atoms with Crippen molar-refractivity contribution in [2.45, 2.75) is 0 Å². The van der Waals surface area contributed by atoms with Crippen LogP contribution in [0.25, 0.3) is 22.6 Å². The summed E-state index contributed by atoms with van der Waals surface area (Å²) in [5.41, 5.74) is 6.70. The molecule has 0 atom stereocenters. The lowest BCUT2D eigenvalue weighted by molar-refractivity contribution is 0.355. The van der Waals surface area contributed by atoms with Gasteiger partial charge in [0.15, 0.2) is 17.3 Å². The number of aromatic nitrogens is 3. The molecule has 0 unspecified atom stereocenters. The monoisotopic (exact) mass is 393 g/mol. The van der Waals surface area contributed by atoms with Crippen molar-refractivity contribution in [3.05, 3.63) is 53.4 Å². The molecule has 8 heteroatoms. The van der Waals surface area contributed by atoms with E-state index >= 15 is 0 Å². The first-order chi connectivity index (χ1) is 13.7. The number of aryl methyl sites for hydroxylation is 1. The summed E-state index contributed by atoms with van der Waals surface area (Å²) in [6.07, 6.45) is 1.71. The molecule has 2 aromatic heterocycles. The SMILES string of the molecule is COc1ccc(/C=N\Nc2nc(-c3nc4ccccc4n3C)cs2)cc1OC. The molecule has 0 saturated heterocycles. The van der Waals surface area contributed by atoms with E-state index in [9.17, 15) is 0 Å². The van der Waals surface area contributed by atoms with Crippen molar-refractivity contribution in [2.24, 2.45) is 12.1 Å². The lowest BCUT2D eigenvalue weighted by Crippen LogP contribution is -1.95. The Kier molecular flexibility index (Phi) is 4.94. The van der Waals surface area contributed by atoms with Crippen LogP contribution in [-0.4, -0.2) is 35.0 Å². The lowest BCUT2D eigenvalue weighted by atomic mass is 10.2. The number of nitrogens with one attached hydrogen (secondary N) is 1. The zero-order chi connectivity index (χ0) is 19.5. The van der Waals surface area contributed by atoms with Gasteiger partial charge >= 0.3 is 0 Å². The van der Waals surface area contributed by atoms with E-state index in [2.05, 4.69) is 20.5 Å².